The highest BCUT2D eigenvalue weighted by atomic mass is 16.4. The third kappa shape index (κ3) is 1.07. The minimum absolute atomic E-state index is 0.232. The van der Waals surface area contributed by atoms with E-state index in [4.69, 9.17) is 5.11 Å². The van der Waals surface area contributed by atoms with Crippen LogP contribution in [0, 0.1) is 6.92 Å². The van der Waals surface area contributed by atoms with Gasteiger partial charge in [-0.05, 0) is 19.1 Å². The second-order valence-electron chi connectivity index (χ2n) is 2.81. The Balaban J connectivity index is 2.86. The molecule has 0 radical (unpaired) electrons. The largest absolute Gasteiger partial charge is 0.478 e. The minimum Gasteiger partial charge on any atom is -0.478 e. The zero-order valence-corrected chi connectivity index (χ0v) is 7.06. The van der Waals surface area contributed by atoms with E-state index in [1.54, 1.807) is 28.9 Å². The Morgan fingerprint density at radius 2 is 2.31 bits per heavy atom. The number of nitrogens with zero attached hydrogens (tertiary/aromatic N) is 2. The summed E-state index contributed by atoms with van der Waals surface area (Å²) in [6, 6.07) is 3.33. The van der Waals surface area contributed by atoms with Gasteiger partial charge in [0.05, 0.1) is 0 Å². The topological polar surface area (TPSA) is 54.6 Å². The first-order valence-electron chi connectivity index (χ1n) is 3.86. The maximum Gasteiger partial charge on any atom is 0.339 e. The van der Waals surface area contributed by atoms with Crippen LogP contribution < -0.4 is 0 Å². The number of rotatable bonds is 1. The standard InChI is InChI=1S/C9H8N2O2/c1-6-2-3-7(9(12)13)8-10-4-5-11(6)8/h2-5H,1H3,(H,12,13). The van der Waals surface area contributed by atoms with Crippen LogP contribution in [-0.2, 0) is 0 Å². The molecule has 0 amide bonds. The van der Waals surface area contributed by atoms with Crippen LogP contribution in [0.5, 0.6) is 0 Å². The monoisotopic (exact) mass is 176 g/mol. The van der Waals surface area contributed by atoms with E-state index >= 15 is 0 Å². The molecular formula is C9H8N2O2. The lowest BCUT2D eigenvalue weighted by Gasteiger charge is -2.01. The fraction of sp³-hybridized carbons (Fsp3) is 0.111. The number of fused-ring (bicyclic) bond motifs is 1. The summed E-state index contributed by atoms with van der Waals surface area (Å²) in [6.07, 6.45) is 3.34. The average molecular weight is 176 g/mol. The van der Waals surface area contributed by atoms with Crippen molar-refractivity contribution in [1.82, 2.24) is 9.38 Å². The van der Waals surface area contributed by atoms with Gasteiger partial charge in [0.1, 0.15) is 5.56 Å². The molecular weight excluding hydrogens is 168 g/mol. The molecule has 0 aliphatic heterocycles. The van der Waals surface area contributed by atoms with Crippen molar-refractivity contribution in [2.75, 3.05) is 0 Å². The second kappa shape index (κ2) is 2.58. The number of hydrogen-bond donors (Lipinski definition) is 1. The molecule has 2 rings (SSSR count). The highest BCUT2D eigenvalue weighted by molar-refractivity contribution is 5.94. The molecule has 0 saturated carbocycles. The zero-order valence-electron chi connectivity index (χ0n) is 7.06. The third-order valence-corrected chi connectivity index (χ3v) is 1.98. The highest BCUT2D eigenvalue weighted by Crippen LogP contribution is 2.11. The summed E-state index contributed by atoms with van der Waals surface area (Å²) >= 11 is 0. The first kappa shape index (κ1) is 7.79. The second-order valence-corrected chi connectivity index (χ2v) is 2.81. The summed E-state index contributed by atoms with van der Waals surface area (Å²) < 4.78 is 1.75. The SMILES string of the molecule is Cc1ccc(C(=O)O)c2nccn12. The maximum absolute atomic E-state index is 10.8. The van der Waals surface area contributed by atoms with Crippen LogP contribution in [0.1, 0.15) is 16.1 Å². The van der Waals surface area contributed by atoms with Gasteiger partial charge < -0.3 is 9.51 Å². The van der Waals surface area contributed by atoms with Crippen molar-refractivity contribution in [3.63, 3.8) is 0 Å². The number of aryl methyl sites for hydroxylation is 1. The van der Waals surface area contributed by atoms with Crippen molar-refractivity contribution in [2.24, 2.45) is 0 Å². The molecule has 4 nitrogen and oxygen atoms in total. The van der Waals surface area contributed by atoms with Gasteiger partial charge >= 0.3 is 5.97 Å². The summed E-state index contributed by atoms with van der Waals surface area (Å²) in [7, 11) is 0. The normalized spacial score (nSPS) is 10.5. The molecule has 0 saturated heterocycles. The Morgan fingerprint density at radius 3 is 3.00 bits per heavy atom. The van der Waals surface area contributed by atoms with Crippen LogP contribution in [0.4, 0.5) is 0 Å². The molecule has 0 bridgehead atoms. The molecule has 0 aliphatic carbocycles. The van der Waals surface area contributed by atoms with E-state index in [-0.39, 0.29) is 5.56 Å². The van der Waals surface area contributed by atoms with Crippen molar-refractivity contribution in [2.45, 2.75) is 6.92 Å². The fourth-order valence-electron chi connectivity index (χ4n) is 1.31. The molecule has 4 heteroatoms. The van der Waals surface area contributed by atoms with Crippen LogP contribution in [0.3, 0.4) is 0 Å². The molecule has 0 spiro atoms. The molecule has 0 aliphatic rings. The van der Waals surface area contributed by atoms with E-state index in [9.17, 15) is 4.79 Å². The lowest BCUT2D eigenvalue weighted by atomic mass is 10.2. The number of hydrogen-bond acceptors (Lipinski definition) is 2. The van der Waals surface area contributed by atoms with E-state index in [1.807, 2.05) is 6.92 Å². The lowest BCUT2D eigenvalue weighted by molar-refractivity contribution is 0.0698. The van der Waals surface area contributed by atoms with Gasteiger partial charge in [-0.25, -0.2) is 9.78 Å². The van der Waals surface area contributed by atoms with Gasteiger partial charge in [0, 0.05) is 18.1 Å². The van der Waals surface area contributed by atoms with Crippen LogP contribution >= 0.6 is 0 Å². The third-order valence-electron chi connectivity index (χ3n) is 1.98. The van der Waals surface area contributed by atoms with Gasteiger partial charge in [-0.2, -0.15) is 0 Å². The van der Waals surface area contributed by atoms with Gasteiger partial charge in [0.15, 0.2) is 5.65 Å². The first-order chi connectivity index (χ1) is 6.20. The van der Waals surface area contributed by atoms with Gasteiger partial charge in [0.25, 0.3) is 0 Å². The van der Waals surface area contributed by atoms with E-state index in [0.29, 0.717) is 5.65 Å². The summed E-state index contributed by atoms with van der Waals surface area (Å²) in [5.74, 6) is -0.948. The van der Waals surface area contributed by atoms with Crippen LogP contribution in [0.15, 0.2) is 24.5 Å². The molecule has 0 unspecified atom stereocenters. The van der Waals surface area contributed by atoms with Gasteiger partial charge in [-0.15, -0.1) is 0 Å². The number of carboxylic acids is 1. The smallest absolute Gasteiger partial charge is 0.339 e. The quantitative estimate of drug-likeness (QED) is 0.713. The fourth-order valence-corrected chi connectivity index (χ4v) is 1.31. The van der Waals surface area contributed by atoms with Crippen molar-refractivity contribution in [1.29, 1.82) is 0 Å². The van der Waals surface area contributed by atoms with Crippen molar-refractivity contribution in [3.8, 4) is 0 Å². The van der Waals surface area contributed by atoms with Crippen LogP contribution in [0.2, 0.25) is 0 Å². The van der Waals surface area contributed by atoms with E-state index in [2.05, 4.69) is 4.98 Å². The molecule has 13 heavy (non-hydrogen) atoms. The predicted octanol–water partition coefficient (Wildman–Crippen LogP) is 1.34. The van der Waals surface area contributed by atoms with Gasteiger partial charge in [-0.3, -0.25) is 0 Å². The maximum atomic E-state index is 10.8. The average Bonchev–Trinajstić information content (AvgIpc) is 2.53. The number of aromatic nitrogens is 2. The van der Waals surface area contributed by atoms with Crippen LogP contribution in [-0.4, -0.2) is 20.5 Å². The van der Waals surface area contributed by atoms with Gasteiger partial charge in [-0.1, -0.05) is 0 Å². The van der Waals surface area contributed by atoms with Gasteiger partial charge in [0.2, 0.25) is 0 Å². The Bertz CT molecular complexity index is 473. The Labute approximate surface area is 74.5 Å². The summed E-state index contributed by atoms with van der Waals surface area (Å²) in [5, 5.41) is 8.84. The molecule has 0 aromatic carbocycles. The molecule has 0 fully saturated rings. The molecule has 2 aromatic rings. The van der Waals surface area contributed by atoms with E-state index in [1.165, 1.54) is 0 Å². The summed E-state index contributed by atoms with van der Waals surface area (Å²) in [4.78, 5) is 14.8. The highest BCUT2D eigenvalue weighted by Gasteiger charge is 2.09. The number of pyridine rings is 1. The molecule has 0 atom stereocenters. The Hall–Kier alpha value is -1.84. The molecule has 1 N–H and O–H groups in total. The zero-order chi connectivity index (χ0) is 9.42. The van der Waals surface area contributed by atoms with E-state index in [0.717, 1.165) is 5.69 Å². The number of imidazole rings is 1. The Morgan fingerprint density at radius 1 is 1.54 bits per heavy atom. The molecule has 2 heterocycles. The van der Waals surface area contributed by atoms with E-state index < -0.39 is 5.97 Å². The Kier molecular flexibility index (Phi) is 1.55. The predicted molar refractivity (Wildman–Crippen MR) is 46.9 cm³/mol. The van der Waals surface area contributed by atoms with Crippen molar-refractivity contribution in [3.05, 3.63) is 35.8 Å². The summed E-state index contributed by atoms with van der Waals surface area (Å²) in [5.41, 5.74) is 1.70. The molecule has 66 valence electrons. The minimum atomic E-state index is -0.948. The van der Waals surface area contributed by atoms with Crippen LogP contribution in [0.25, 0.3) is 5.65 Å². The first-order valence-corrected chi connectivity index (χ1v) is 3.86. The lowest BCUT2D eigenvalue weighted by Crippen LogP contribution is -2.01. The summed E-state index contributed by atoms with van der Waals surface area (Å²) in [6.45, 7) is 1.90. The number of carboxylic acid groups (broad SMARTS) is 1. The van der Waals surface area contributed by atoms with Crippen molar-refractivity contribution < 1.29 is 9.90 Å². The molecule has 2 aromatic heterocycles. The van der Waals surface area contributed by atoms with Crippen molar-refractivity contribution >= 4 is 11.6 Å². The number of carbonyl (C=O) groups is 1. The number of aromatic carboxylic acids is 1.